The number of carbonyl (C=O) groups is 1. The van der Waals surface area contributed by atoms with E-state index in [-0.39, 0.29) is 5.91 Å². The summed E-state index contributed by atoms with van der Waals surface area (Å²) in [5, 5.41) is 12.6. The molecule has 1 amide bonds. The van der Waals surface area contributed by atoms with Gasteiger partial charge >= 0.3 is 0 Å². The number of amides is 1. The van der Waals surface area contributed by atoms with Gasteiger partial charge in [0.25, 0.3) is 5.91 Å². The first-order valence-electron chi connectivity index (χ1n) is 5.42. The lowest BCUT2D eigenvalue weighted by Crippen LogP contribution is -2.48. The molecule has 0 bridgehead atoms. The van der Waals surface area contributed by atoms with Gasteiger partial charge in [0.05, 0.1) is 10.6 Å². The molecule has 0 saturated carbocycles. The Hall–Kier alpha value is -0.940. The average Bonchev–Trinajstić information content (AvgIpc) is 2.62. The normalized spacial score (nSPS) is 25.8. The summed E-state index contributed by atoms with van der Waals surface area (Å²) in [7, 11) is 0. The van der Waals surface area contributed by atoms with Crippen LogP contribution < -0.4 is 0 Å². The van der Waals surface area contributed by atoms with E-state index in [0.29, 0.717) is 18.8 Å². The fraction of sp³-hybridized carbons (Fsp3) is 0.636. The molecule has 5 heteroatoms. The second-order valence-corrected chi connectivity index (χ2v) is 5.64. The van der Waals surface area contributed by atoms with Gasteiger partial charge in [-0.3, -0.25) is 4.79 Å². The van der Waals surface area contributed by atoms with Crippen molar-refractivity contribution >= 4 is 17.2 Å². The molecule has 88 valence electrons. The Kier molecular flexibility index (Phi) is 2.99. The number of likely N-dealkylation sites (tertiary alicyclic amines) is 1. The summed E-state index contributed by atoms with van der Waals surface area (Å²) in [6.07, 6.45) is 1.61. The number of thiazole rings is 1. The monoisotopic (exact) mass is 240 g/mol. The van der Waals surface area contributed by atoms with Crippen molar-refractivity contribution in [3.05, 3.63) is 16.1 Å². The van der Waals surface area contributed by atoms with Gasteiger partial charge in [0, 0.05) is 18.5 Å². The van der Waals surface area contributed by atoms with Gasteiger partial charge in [-0.05, 0) is 26.7 Å². The number of hydrogen-bond donors (Lipinski definition) is 1. The number of β-amino-alcohol motifs (C(OH)–C–C–N with tert-alkyl or cyclic N) is 1. The standard InChI is InChI=1S/C11H16N2O2S/c1-8-12-9(6-16-8)10(14)13-5-3-4-11(2,15)7-13/h6,15H,3-5,7H2,1-2H3. The molecule has 1 unspecified atom stereocenters. The van der Waals surface area contributed by atoms with Gasteiger partial charge in [-0.2, -0.15) is 0 Å². The zero-order valence-corrected chi connectivity index (χ0v) is 10.4. The molecule has 1 aliphatic heterocycles. The minimum atomic E-state index is -0.751. The molecule has 1 aromatic rings. The fourth-order valence-electron chi connectivity index (χ4n) is 2.02. The predicted octanol–water partition coefficient (Wildman–Crippen LogP) is 1.44. The molecular weight excluding hydrogens is 224 g/mol. The average molecular weight is 240 g/mol. The van der Waals surface area contributed by atoms with Crippen LogP contribution in [0.1, 0.15) is 35.3 Å². The first-order chi connectivity index (χ1) is 7.48. The highest BCUT2D eigenvalue weighted by molar-refractivity contribution is 7.09. The number of aromatic nitrogens is 1. The highest BCUT2D eigenvalue weighted by atomic mass is 32.1. The second kappa shape index (κ2) is 4.14. The summed E-state index contributed by atoms with van der Waals surface area (Å²) in [6, 6.07) is 0. The zero-order valence-electron chi connectivity index (χ0n) is 9.56. The first-order valence-corrected chi connectivity index (χ1v) is 6.30. The third-order valence-corrected chi connectivity index (χ3v) is 3.57. The zero-order chi connectivity index (χ0) is 11.8. The second-order valence-electron chi connectivity index (χ2n) is 4.58. The van der Waals surface area contributed by atoms with E-state index in [1.165, 1.54) is 11.3 Å². The molecule has 2 heterocycles. The molecule has 1 aromatic heterocycles. The van der Waals surface area contributed by atoms with E-state index in [2.05, 4.69) is 4.98 Å². The maximum Gasteiger partial charge on any atom is 0.273 e. The van der Waals surface area contributed by atoms with Crippen LogP contribution in [0.25, 0.3) is 0 Å². The van der Waals surface area contributed by atoms with Crippen molar-refractivity contribution in [3.63, 3.8) is 0 Å². The fourth-order valence-corrected chi connectivity index (χ4v) is 2.60. The summed E-state index contributed by atoms with van der Waals surface area (Å²) >= 11 is 1.48. The van der Waals surface area contributed by atoms with Gasteiger partial charge in [0.15, 0.2) is 0 Å². The molecule has 1 fully saturated rings. The lowest BCUT2D eigenvalue weighted by molar-refractivity contribution is -0.0109. The number of piperidine rings is 1. The topological polar surface area (TPSA) is 53.4 Å². The van der Waals surface area contributed by atoms with Gasteiger partial charge in [-0.15, -0.1) is 11.3 Å². The molecule has 1 saturated heterocycles. The number of carbonyl (C=O) groups excluding carboxylic acids is 1. The summed E-state index contributed by atoms with van der Waals surface area (Å²) in [5.74, 6) is -0.0654. The maximum atomic E-state index is 12.1. The summed E-state index contributed by atoms with van der Waals surface area (Å²) in [5.41, 5.74) is -0.251. The van der Waals surface area contributed by atoms with Crippen LogP contribution in [0.5, 0.6) is 0 Å². The molecule has 2 rings (SSSR count). The van der Waals surface area contributed by atoms with Gasteiger partial charge in [-0.25, -0.2) is 4.98 Å². The maximum absolute atomic E-state index is 12.1. The van der Waals surface area contributed by atoms with Crippen molar-refractivity contribution in [2.45, 2.75) is 32.3 Å². The van der Waals surface area contributed by atoms with Crippen molar-refractivity contribution in [2.75, 3.05) is 13.1 Å². The number of nitrogens with zero attached hydrogens (tertiary/aromatic N) is 2. The molecular formula is C11H16N2O2S. The van der Waals surface area contributed by atoms with E-state index in [4.69, 9.17) is 0 Å². The summed E-state index contributed by atoms with van der Waals surface area (Å²) < 4.78 is 0. The Bertz CT molecular complexity index is 400. The van der Waals surface area contributed by atoms with E-state index >= 15 is 0 Å². The molecule has 1 N–H and O–H groups in total. The van der Waals surface area contributed by atoms with E-state index < -0.39 is 5.60 Å². The van der Waals surface area contributed by atoms with E-state index in [1.54, 1.807) is 17.2 Å². The van der Waals surface area contributed by atoms with Crippen LogP contribution in [0.3, 0.4) is 0 Å². The molecule has 0 aromatic carbocycles. The predicted molar refractivity (Wildman–Crippen MR) is 62.6 cm³/mol. The van der Waals surface area contributed by atoms with Gasteiger partial charge in [0.1, 0.15) is 5.69 Å². The highest BCUT2D eigenvalue weighted by Crippen LogP contribution is 2.22. The van der Waals surface area contributed by atoms with Crippen LogP contribution in [0.15, 0.2) is 5.38 Å². The lowest BCUT2D eigenvalue weighted by atomic mass is 9.95. The van der Waals surface area contributed by atoms with Crippen molar-refractivity contribution in [1.29, 1.82) is 0 Å². The smallest absolute Gasteiger partial charge is 0.273 e. The highest BCUT2D eigenvalue weighted by Gasteiger charge is 2.31. The number of hydrogen-bond acceptors (Lipinski definition) is 4. The Balaban J connectivity index is 2.10. The van der Waals surface area contributed by atoms with Crippen LogP contribution in [-0.4, -0.2) is 39.6 Å². The van der Waals surface area contributed by atoms with Gasteiger partial charge in [-0.1, -0.05) is 0 Å². The Morgan fingerprint density at radius 2 is 2.44 bits per heavy atom. The molecule has 16 heavy (non-hydrogen) atoms. The van der Waals surface area contributed by atoms with Crippen molar-refractivity contribution in [3.8, 4) is 0 Å². The van der Waals surface area contributed by atoms with Crippen LogP contribution in [-0.2, 0) is 0 Å². The van der Waals surface area contributed by atoms with E-state index in [9.17, 15) is 9.90 Å². The van der Waals surface area contributed by atoms with E-state index in [1.807, 2.05) is 6.92 Å². The number of aliphatic hydroxyl groups is 1. The summed E-state index contributed by atoms with van der Waals surface area (Å²) in [4.78, 5) is 17.9. The SMILES string of the molecule is Cc1nc(C(=O)N2CCCC(C)(O)C2)cs1. The van der Waals surface area contributed by atoms with E-state index in [0.717, 1.165) is 17.8 Å². The Labute approximate surface area is 98.9 Å². The van der Waals surface area contributed by atoms with Gasteiger partial charge in [0.2, 0.25) is 0 Å². The number of aryl methyl sites for hydroxylation is 1. The third-order valence-electron chi connectivity index (χ3n) is 2.80. The largest absolute Gasteiger partial charge is 0.388 e. The Morgan fingerprint density at radius 1 is 1.69 bits per heavy atom. The van der Waals surface area contributed by atoms with Gasteiger partial charge < -0.3 is 10.0 Å². The molecule has 0 radical (unpaired) electrons. The number of rotatable bonds is 1. The first kappa shape index (κ1) is 11.5. The molecule has 0 spiro atoms. The van der Waals surface area contributed by atoms with Crippen LogP contribution in [0.4, 0.5) is 0 Å². The molecule has 4 nitrogen and oxygen atoms in total. The van der Waals surface area contributed by atoms with Crippen LogP contribution in [0.2, 0.25) is 0 Å². The van der Waals surface area contributed by atoms with Crippen LogP contribution >= 0.6 is 11.3 Å². The van der Waals surface area contributed by atoms with Crippen molar-refractivity contribution in [1.82, 2.24) is 9.88 Å². The van der Waals surface area contributed by atoms with Crippen molar-refractivity contribution < 1.29 is 9.90 Å². The Morgan fingerprint density at radius 3 is 3.00 bits per heavy atom. The third kappa shape index (κ3) is 2.41. The molecule has 1 aliphatic rings. The van der Waals surface area contributed by atoms with Crippen molar-refractivity contribution in [2.24, 2.45) is 0 Å². The van der Waals surface area contributed by atoms with Crippen LogP contribution in [0, 0.1) is 6.92 Å². The minimum absolute atomic E-state index is 0.0654. The summed E-state index contributed by atoms with van der Waals surface area (Å²) in [6.45, 7) is 4.78. The lowest BCUT2D eigenvalue weighted by Gasteiger charge is -2.36. The quantitative estimate of drug-likeness (QED) is 0.808. The molecule has 0 aliphatic carbocycles. The minimum Gasteiger partial charge on any atom is -0.388 e. The molecule has 1 atom stereocenters.